The van der Waals surface area contributed by atoms with E-state index in [9.17, 15) is 4.79 Å². The van der Waals surface area contributed by atoms with Crippen molar-refractivity contribution >= 4 is 17.8 Å². The normalized spacial score (nSPS) is 16.6. The zero-order chi connectivity index (χ0) is 13.2. The first-order chi connectivity index (χ1) is 9.22. The van der Waals surface area contributed by atoms with Gasteiger partial charge in [0, 0.05) is 0 Å². The van der Waals surface area contributed by atoms with Crippen LogP contribution in [0.5, 0.6) is 0 Å². The van der Waals surface area contributed by atoms with E-state index in [0.717, 1.165) is 5.56 Å². The molecule has 0 saturated heterocycles. The van der Waals surface area contributed by atoms with E-state index in [1.165, 1.54) is 5.56 Å². The van der Waals surface area contributed by atoms with E-state index >= 15 is 0 Å². The molecule has 0 unspecified atom stereocenters. The summed E-state index contributed by atoms with van der Waals surface area (Å²) in [6, 6.07) is 11.4. The molecular weight excluding hydrogens is 240 g/mol. The Hall–Kier alpha value is -2.62. The number of nitrogens with zero attached hydrogens (tertiary/aromatic N) is 1. The molecule has 2 heterocycles. The van der Waals surface area contributed by atoms with Gasteiger partial charge in [0.05, 0.1) is 6.26 Å². The van der Waals surface area contributed by atoms with Gasteiger partial charge in [-0.2, -0.15) is 0 Å². The fourth-order valence-electron chi connectivity index (χ4n) is 1.82. The number of nitrogens with one attached hydrogen (secondary N) is 1. The Balaban J connectivity index is 1.92. The van der Waals surface area contributed by atoms with Crippen LogP contribution in [-0.2, 0) is 4.79 Å². The second-order valence-corrected chi connectivity index (χ2v) is 4.33. The van der Waals surface area contributed by atoms with Crippen molar-refractivity contribution in [1.82, 2.24) is 5.32 Å². The molecule has 0 atom stereocenters. The molecule has 0 spiro atoms. The van der Waals surface area contributed by atoms with Gasteiger partial charge in [0.1, 0.15) is 5.70 Å². The minimum Gasteiger partial charge on any atom is -0.461 e. The fraction of sp³-hybridized carbons (Fsp3) is 0.0667. The fourth-order valence-corrected chi connectivity index (χ4v) is 1.82. The minimum absolute atomic E-state index is 0.216. The molecule has 3 rings (SSSR count). The van der Waals surface area contributed by atoms with Gasteiger partial charge in [0.25, 0.3) is 5.91 Å². The lowest BCUT2D eigenvalue weighted by atomic mass is 10.1. The molecule has 1 N–H and O–H groups in total. The molecule has 94 valence electrons. The van der Waals surface area contributed by atoms with Crippen LogP contribution in [0.15, 0.2) is 57.8 Å². The number of rotatable bonds is 2. The lowest BCUT2D eigenvalue weighted by molar-refractivity contribution is -0.115. The van der Waals surface area contributed by atoms with Crippen molar-refractivity contribution in [3.8, 4) is 0 Å². The predicted octanol–water partition coefficient (Wildman–Crippen LogP) is 2.51. The van der Waals surface area contributed by atoms with E-state index in [4.69, 9.17) is 4.42 Å². The zero-order valence-electron chi connectivity index (χ0n) is 10.4. The summed E-state index contributed by atoms with van der Waals surface area (Å²) >= 11 is 0. The highest BCUT2D eigenvalue weighted by molar-refractivity contribution is 6.18. The number of amidine groups is 1. The van der Waals surface area contributed by atoms with Gasteiger partial charge in [0.2, 0.25) is 0 Å². The second kappa shape index (κ2) is 4.57. The monoisotopic (exact) mass is 252 g/mol. The molecule has 1 aromatic carbocycles. The van der Waals surface area contributed by atoms with Crippen LogP contribution in [0.1, 0.15) is 16.9 Å². The maximum absolute atomic E-state index is 11.8. The van der Waals surface area contributed by atoms with Gasteiger partial charge in [-0.3, -0.25) is 4.79 Å². The molecule has 4 heteroatoms. The Bertz CT molecular complexity index is 665. The van der Waals surface area contributed by atoms with Crippen molar-refractivity contribution in [1.29, 1.82) is 0 Å². The molecule has 1 aliphatic rings. The predicted molar refractivity (Wildman–Crippen MR) is 72.5 cm³/mol. The Morgan fingerprint density at radius 2 is 2.00 bits per heavy atom. The Morgan fingerprint density at radius 3 is 2.68 bits per heavy atom. The maximum atomic E-state index is 11.8. The number of aryl methyl sites for hydroxylation is 1. The van der Waals surface area contributed by atoms with Crippen molar-refractivity contribution in [3.05, 3.63) is 65.2 Å². The third-order valence-electron chi connectivity index (χ3n) is 2.83. The summed E-state index contributed by atoms with van der Waals surface area (Å²) in [5.41, 5.74) is 2.51. The quantitative estimate of drug-likeness (QED) is 0.835. The van der Waals surface area contributed by atoms with E-state index in [1.807, 2.05) is 31.2 Å². The average Bonchev–Trinajstić information content (AvgIpc) is 3.03. The van der Waals surface area contributed by atoms with Gasteiger partial charge in [-0.15, -0.1) is 0 Å². The van der Waals surface area contributed by atoms with E-state index in [-0.39, 0.29) is 5.91 Å². The first-order valence-electron chi connectivity index (χ1n) is 5.95. The van der Waals surface area contributed by atoms with Crippen LogP contribution >= 0.6 is 0 Å². The van der Waals surface area contributed by atoms with Gasteiger partial charge in [-0.05, 0) is 30.7 Å². The van der Waals surface area contributed by atoms with Crippen molar-refractivity contribution in [3.63, 3.8) is 0 Å². The summed E-state index contributed by atoms with van der Waals surface area (Å²) in [5.74, 6) is 0.793. The molecule has 0 saturated carbocycles. The highest BCUT2D eigenvalue weighted by Crippen LogP contribution is 2.15. The van der Waals surface area contributed by atoms with Crippen LogP contribution in [0.2, 0.25) is 0 Å². The molecule has 1 amide bonds. The lowest BCUT2D eigenvalue weighted by Crippen LogP contribution is -2.24. The molecule has 0 aliphatic carbocycles. The molecule has 19 heavy (non-hydrogen) atoms. The van der Waals surface area contributed by atoms with Crippen LogP contribution < -0.4 is 5.32 Å². The summed E-state index contributed by atoms with van der Waals surface area (Å²) in [6.45, 7) is 2.02. The average molecular weight is 252 g/mol. The molecule has 1 aromatic heterocycles. The lowest BCUT2D eigenvalue weighted by Gasteiger charge is -1.95. The number of aliphatic imine (C=N–C) groups is 1. The topological polar surface area (TPSA) is 54.6 Å². The van der Waals surface area contributed by atoms with Crippen LogP contribution in [-0.4, -0.2) is 11.7 Å². The smallest absolute Gasteiger partial charge is 0.275 e. The Morgan fingerprint density at radius 1 is 1.21 bits per heavy atom. The van der Waals surface area contributed by atoms with Gasteiger partial charge in [0.15, 0.2) is 11.6 Å². The number of hydrogen-bond donors (Lipinski definition) is 1. The minimum atomic E-state index is -0.216. The maximum Gasteiger partial charge on any atom is 0.275 e. The first kappa shape index (κ1) is 11.5. The van der Waals surface area contributed by atoms with Gasteiger partial charge >= 0.3 is 0 Å². The summed E-state index contributed by atoms with van der Waals surface area (Å²) < 4.78 is 5.21. The van der Waals surface area contributed by atoms with Gasteiger partial charge < -0.3 is 9.73 Å². The summed E-state index contributed by atoms with van der Waals surface area (Å²) in [5, 5.41) is 2.69. The standard InChI is InChI=1S/C15H12N2O2/c1-10-4-6-11(7-5-10)9-12-15(18)17-14(16-12)13-3-2-8-19-13/h2-9H,1H3,(H,16,17,18)/b12-9+. The van der Waals surface area contributed by atoms with Crippen molar-refractivity contribution in [2.75, 3.05) is 0 Å². The number of benzene rings is 1. The molecule has 1 aliphatic heterocycles. The highest BCUT2D eigenvalue weighted by atomic mass is 16.3. The van der Waals surface area contributed by atoms with Gasteiger partial charge in [-0.25, -0.2) is 4.99 Å². The van der Waals surface area contributed by atoms with Crippen LogP contribution in [0.4, 0.5) is 0 Å². The van der Waals surface area contributed by atoms with E-state index in [1.54, 1.807) is 24.5 Å². The first-order valence-corrected chi connectivity index (χ1v) is 5.95. The molecule has 4 nitrogen and oxygen atoms in total. The van der Waals surface area contributed by atoms with Crippen molar-refractivity contribution in [2.45, 2.75) is 6.92 Å². The van der Waals surface area contributed by atoms with Crippen molar-refractivity contribution < 1.29 is 9.21 Å². The molecule has 0 bridgehead atoms. The van der Waals surface area contributed by atoms with Crippen LogP contribution in [0.25, 0.3) is 6.08 Å². The SMILES string of the molecule is Cc1ccc(/C=C2/N=C(c3ccco3)NC2=O)cc1. The van der Waals surface area contributed by atoms with Gasteiger partial charge in [-0.1, -0.05) is 29.8 Å². The largest absolute Gasteiger partial charge is 0.461 e. The Labute approximate surface area is 110 Å². The summed E-state index contributed by atoms with van der Waals surface area (Å²) in [6.07, 6.45) is 3.30. The third kappa shape index (κ3) is 2.33. The molecular formula is C15H12N2O2. The third-order valence-corrected chi connectivity index (χ3v) is 2.83. The summed E-state index contributed by atoms with van der Waals surface area (Å²) in [7, 11) is 0. The number of carbonyl (C=O) groups excluding carboxylic acids is 1. The zero-order valence-corrected chi connectivity index (χ0v) is 10.4. The number of hydrogen-bond acceptors (Lipinski definition) is 3. The highest BCUT2D eigenvalue weighted by Gasteiger charge is 2.22. The van der Waals surface area contributed by atoms with E-state index in [2.05, 4.69) is 10.3 Å². The van der Waals surface area contributed by atoms with Crippen molar-refractivity contribution in [2.24, 2.45) is 4.99 Å². The number of amides is 1. The molecule has 2 aromatic rings. The molecule has 0 fully saturated rings. The molecule has 0 radical (unpaired) electrons. The van der Waals surface area contributed by atoms with E-state index < -0.39 is 0 Å². The van der Waals surface area contributed by atoms with Crippen LogP contribution in [0, 0.1) is 6.92 Å². The van der Waals surface area contributed by atoms with Crippen LogP contribution in [0.3, 0.4) is 0 Å². The Kier molecular flexibility index (Phi) is 2.76. The van der Waals surface area contributed by atoms with E-state index in [0.29, 0.717) is 17.3 Å². The number of furan rings is 1. The number of carbonyl (C=O) groups is 1. The second-order valence-electron chi connectivity index (χ2n) is 4.33. The summed E-state index contributed by atoms with van der Waals surface area (Å²) in [4.78, 5) is 16.1.